The molecule has 0 aliphatic carbocycles. The van der Waals surface area contributed by atoms with Crippen LogP contribution in [0.4, 0.5) is 11.6 Å². The molecule has 7 heteroatoms. The van der Waals surface area contributed by atoms with Crippen LogP contribution in [-0.4, -0.2) is 28.4 Å². The number of nitrogens with zero attached hydrogens (tertiary/aromatic N) is 1. The van der Waals surface area contributed by atoms with E-state index in [1.807, 2.05) is 19.1 Å². The van der Waals surface area contributed by atoms with E-state index in [0.29, 0.717) is 41.7 Å². The molecule has 0 spiro atoms. The van der Waals surface area contributed by atoms with Crippen LogP contribution in [0, 0.1) is 6.92 Å². The number of pyridine rings is 1. The topological polar surface area (TPSA) is 92.0 Å². The number of H-pyrrole nitrogens is 2. The summed E-state index contributed by atoms with van der Waals surface area (Å²) in [6.07, 6.45) is 0. The van der Waals surface area contributed by atoms with Crippen LogP contribution in [0.5, 0.6) is 11.5 Å². The van der Waals surface area contributed by atoms with E-state index in [4.69, 9.17) is 9.47 Å². The van der Waals surface area contributed by atoms with Crippen LogP contribution in [0.2, 0.25) is 0 Å². The van der Waals surface area contributed by atoms with Gasteiger partial charge in [0.15, 0.2) is 17.3 Å². The van der Waals surface area contributed by atoms with E-state index in [-0.39, 0.29) is 5.56 Å². The Kier molecular flexibility index (Phi) is 2.78. The molecule has 1 aliphatic heterocycles. The third-order valence-corrected chi connectivity index (χ3v) is 3.50. The van der Waals surface area contributed by atoms with Crippen molar-refractivity contribution in [3.8, 4) is 11.5 Å². The first-order chi connectivity index (χ1) is 10.7. The van der Waals surface area contributed by atoms with Crippen molar-refractivity contribution in [2.75, 3.05) is 18.5 Å². The summed E-state index contributed by atoms with van der Waals surface area (Å²) in [5, 5.41) is 11.3. The number of aromatic amines is 2. The highest BCUT2D eigenvalue weighted by atomic mass is 16.6. The molecule has 0 fully saturated rings. The summed E-state index contributed by atoms with van der Waals surface area (Å²) >= 11 is 0. The van der Waals surface area contributed by atoms with Gasteiger partial charge >= 0.3 is 0 Å². The van der Waals surface area contributed by atoms with Crippen molar-refractivity contribution in [3.05, 3.63) is 40.3 Å². The second-order valence-corrected chi connectivity index (χ2v) is 5.12. The quantitative estimate of drug-likeness (QED) is 0.673. The summed E-state index contributed by atoms with van der Waals surface area (Å²) in [6.45, 7) is 2.89. The van der Waals surface area contributed by atoms with E-state index in [0.717, 1.165) is 11.1 Å². The van der Waals surface area contributed by atoms with Gasteiger partial charge in [0.05, 0.1) is 5.39 Å². The smallest absolute Gasteiger partial charge is 0.257 e. The van der Waals surface area contributed by atoms with Gasteiger partial charge in [0, 0.05) is 17.1 Å². The Balaban J connectivity index is 1.85. The van der Waals surface area contributed by atoms with Crippen molar-refractivity contribution in [3.63, 3.8) is 0 Å². The molecule has 2 aromatic heterocycles. The Hall–Kier alpha value is -2.96. The number of nitrogens with one attached hydrogen (secondary N) is 3. The highest BCUT2D eigenvalue weighted by molar-refractivity contribution is 5.92. The molecule has 3 aromatic rings. The fourth-order valence-corrected chi connectivity index (χ4v) is 2.54. The maximum atomic E-state index is 12.3. The largest absolute Gasteiger partial charge is 0.486 e. The summed E-state index contributed by atoms with van der Waals surface area (Å²) < 4.78 is 11.2. The van der Waals surface area contributed by atoms with Crippen molar-refractivity contribution < 1.29 is 9.47 Å². The number of fused-ring (bicyclic) bond motifs is 3. The zero-order chi connectivity index (χ0) is 15.1. The predicted octanol–water partition coefficient (Wildman–Crippen LogP) is 2.07. The van der Waals surface area contributed by atoms with Crippen LogP contribution in [0.15, 0.2) is 29.1 Å². The van der Waals surface area contributed by atoms with Crippen LogP contribution < -0.4 is 20.3 Å². The van der Waals surface area contributed by atoms with Crippen molar-refractivity contribution in [2.24, 2.45) is 0 Å². The van der Waals surface area contributed by atoms with E-state index >= 15 is 0 Å². The van der Waals surface area contributed by atoms with E-state index in [1.54, 1.807) is 12.1 Å². The van der Waals surface area contributed by atoms with Crippen molar-refractivity contribution in [1.82, 2.24) is 15.2 Å². The molecule has 3 heterocycles. The molecular formula is C15H14N4O3. The molecule has 1 aliphatic rings. The van der Waals surface area contributed by atoms with E-state index in [1.165, 1.54) is 0 Å². The van der Waals surface area contributed by atoms with E-state index in [9.17, 15) is 4.79 Å². The Morgan fingerprint density at radius 1 is 1.18 bits per heavy atom. The maximum Gasteiger partial charge on any atom is 0.257 e. The number of aromatic nitrogens is 3. The van der Waals surface area contributed by atoms with Crippen molar-refractivity contribution >= 4 is 22.4 Å². The lowest BCUT2D eigenvalue weighted by Gasteiger charge is -2.20. The molecule has 0 unspecified atom stereocenters. The third kappa shape index (κ3) is 2.07. The average Bonchev–Trinajstić information content (AvgIpc) is 2.92. The lowest BCUT2D eigenvalue weighted by atomic mass is 10.1. The van der Waals surface area contributed by atoms with Crippen molar-refractivity contribution in [2.45, 2.75) is 6.92 Å². The number of hydrogen-bond donors (Lipinski definition) is 3. The molecule has 7 nitrogen and oxygen atoms in total. The summed E-state index contributed by atoms with van der Waals surface area (Å²) in [5.41, 5.74) is 0.740. The summed E-state index contributed by atoms with van der Waals surface area (Å²) in [6, 6.07) is 7.18. The molecule has 0 amide bonds. The first-order valence-electron chi connectivity index (χ1n) is 6.95. The number of rotatable bonds is 2. The van der Waals surface area contributed by atoms with Gasteiger partial charge in [-0.3, -0.25) is 9.89 Å². The summed E-state index contributed by atoms with van der Waals surface area (Å²) in [7, 11) is 0. The Morgan fingerprint density at radius 2 is 2.05 bits per heavy atom. The lowest BCUT2D eigenvalue weighted by Crippen LogP contribution is -2.17. The monoisotopic (exact) mass is 298 g/mol. The SMILES string of the molecule is Cc1cc(Nc2cc3c4c(ccc3c(=O)[nH]2)OCCO4)n[nH]1. The standard InChI is InChI=1S/C15H14N4O3/c1-8-6-13(19-18-8)16-12-7-10-9(15(20)17-12)2-3-11-14(10)22-5-4-21-11/h2-3,6-7H,4-5H2,1H3,(H3,16,17,18,19,20). The summed E-state index contributed by atoms with van der Waals surface area (Å²) in [5.74, 6) is 2.45. The number of ether oxygens (including phenoxy) is 2. The van der Waals surface area contributed by atoms with E-state index < -0.39 is 0 Å². The van der Waals surface area contributed by atoms with Crippen LogP contribution in [0.25, 0.3) is 10.8 Å². The molecule has 1 aromatic carbocycles. The van der Waals surface area contributed by atoms with Crippen molar-refractivity contribution in [1.29, 1.82) is 0 Å². The molecule has 112 valence electrons. The lowest BCUT2D eigenvalue weighted by molar-refractivity contribution is 0.174. The summed E-state index contributed by atoms with van der Waals surface area (Å²) in [4.78, 5) is 15.1. The zero-order valence-electron chi connectivity index (χ0n) is 11.9. The van der Waals surface area contributed by atoms with Gasteiger partial charge in [0.25, 0.3) is 5.56 Å². The van der Waals surface area contributed by atoms with E-state index in [2.05, 4.69) is 20.5 Å². The fraction of sp³-hybridized carbons (Fsp3) is 0.200. The van der Waals surface area contributed by atoms with Gasteiger partial charge in [-0.15, -0.1) is 0 Å². The number of aryl methyl sites for hydroxylation is 1. The van der Waals surface area contributed by atoms with Gasteiger partial charge in [0.1, 0.15) is 19.0 Å². The first-order valence-corrected chi connectivity index (χ1v) is 6.95. The molecule has 0 saturated heterocycles. The Bertz CT molecular complexity index is 913. The maximum absolute atomic E-state index is 12.3. The normalized spacial score (nSPS) is 13.3. The minimum absolute atomic E-state index is 0.191. The van der Waals surface area contributed by atoms with Crippen LogP contribution >= 0.6 is 0 Å². The Morgan fingerprint density at radius 3 is 2.86 bits per heavy atom. The van der Waals surface area contributed by atoms with Crippen LogP contribution in [-0.2, 0) is 0 Å². The van der Waals surface area contributed by atoms with Gasteiger partial charge in [-0.25, -0.2) is 0 Å². The molecule has 0 atom stereocenters. The van der Waals surface area contributed by atoms with Gasteiger partial charge in [0.2, 0.25) is 0 Å². The second-order valence-electron chi connectivity index (χ2n) is 5.12. The Labute approximate surface area is 125 Å². The van der Waals surface area contributed by atoms with Crippen LogP contribution in [0.1, 0.15) is 5.69 Å². The highest BCUT2D eigenvalue weighted by Crippen LogP contribution is 2.37. The van der Waals surface area contributed by atoms with Gasteiger partial charge < -0.3 is 19.8 Å². The van der Waals surface area contributed by atoms with Gasteiger partial charge in [-0.1, -0.05) is 0 Å². The number of benzene rings is 1. The average molecular weight is 298 g/mol. The molecule has 3 N–H and O–H groups in total. The predicted molar refractivity (Wildman–Crippen MR) is 82.2 cm³/mol. The molecule has 0 saturated carbocycles. The highest BCUT2D eigenvalue weighted by Gasteiger charge is 2.17. The zero-order valence-corrected chi connectivity index (χ0v) is 11.9. The fourth-order valence-electron chi connectivity index (χ4n) is 2.54. The van der Waals surface area contributed by atoms with Gasteiger partial charge in [-0.05, 0) is 25.1 Å². The number of hydrogen-bond acceptors (Lipinski definition) is 5. The molecule has 0 radical (unpaired) electrons. The molecular weight excluding hydrogens is 284 g/mol. The molecule has 4 rings (SSSR count). The molecule has 0 bridgehead atoms. The minimum Gasteiger partial charge on any atom is -0.486 e. The molecule has 22 heavy (non-hydrogen) atoms. The first kappa shape index (κ1) is 12.8. The van der Waals surface area contributed by atoms with Crippen LogP contribution in [0.3, 0.4) is 0 Å². The minimum atomic E-state index is -0.191. The third-order valence-electron chi connectivity index (χ3n) is 3.50. The second kappa shape index (κ2) is 4.80. The number of anilines is 2. The van der Waals surface area contributed by atoms with Gasteiger partial charge in [-0.2, -0.15) is 5.10 Å².